The van der Waals surface area contributed by atoms with E-state index < -0.39 is 0 Å². The van der Waals surface area contributed by atoms with E-state index in [0.717, 1.165) is 12.8 Å². The molecule has 0 fully saturated rings. The third-order valence-corrected chi connectivity index (χ3v) is 2.08. The normalized spacial score (nSPS) is 12.8. The van der Waals surface area contributed by atoms with Gasteiger partial charge in [-0.15, -0.1) is 6.58 Å². The van der Waals surface area contributed by atoms with Crippen LogP contribution < -0.4 is 0 Å². The molecule has 0 saturated heterocycles. The Hall–Kier alpha value is -0.740. The summed E-state index contributed by atoms with van der Waals surface area (Å²) in [4.78, 5) is 0. The first kappa shape index (κ1) is 15.3. The van der Waals surface area contributed by atoms with Gasteiger partial charge in [0.15, 0.2) is 0 Å². The average molecular weight is 222 g/mol. The molecule has 0 spiro atoms. The molecule has 1 unspecified atom stereocenters. The number of hydrogen-bond acceptors (Lipinski definition) is 1. The van der Waals surface area contributed by atoms with E-state index >= 15 is 0 Å². The van der Waals surface area contributed by atoms with Gasteiger partial charge in [-0.2, -0.15) is 0 Å². The van der Waals surface area contributed by atoms with Crippen molar-refractivity contribution in [1.29, 1.82) is 0 Å². The summed E-state index contributed by atoms with van der Waals surface area (Å²) in [5.74, 6) is 6.28. The fourth-order valence-corrected chi connectivity index (χ4v) is 1.41. The minimum Gasteiger partial charge on any atom is -0.360 e. The molecule has 1 heteroatoms. The van der Waals surface area contributed by atoms with E-state index in [2.05, 4.69) is 46.1 Å². The molecule has 0 rings (SSSR count). The maximum Gasteiger partial charge on any atom is 0.118 e. The zero-order chi connectivity index (χ0) is 12.4. The molecular weight excluding hydrogens is 196 g/mol. The highest BCUT2D eigenvalue weighted by molar-refractivity contribution is 5.08. The molecule has 0 aliphatic rings. The zero-order valence-corrected chi connectivity index (χ0v) is 11.3. The third kappa shape index (κ3) is 9.80. The number of allylic oxidation sites excluding steroid dienone is 1. The fourth-order valence-electron chi connectivity index (χ4n) is 1.41. The maximum atomic E-state index is 5.92. The lowest BCUT2D eigenvalue weighted by Crippen LogP contribution is -2.26. The topological polar surface area (TPSA) is 9.23 Å². The predicted octanol–water partition coefficient (Wildman–Crippen LogP) is 4.33. The lowest BCUT2D eigenvalue weighted by Gasteiger charge is -2.24. The van der Waals surface area contributed by atoms with Crippen LogP contribution in [-0.2, 0) is 4.74 Å². The fraction of sp³-hybridized carbons (Fsp3) is 0.733. The van der Waals surface area contributed by atoms with Gasteiger partial charge in [-0.1, -0.05) is 37.7 Å². The standard InChI is InChI=1S/C15H26O/c1-6-8-10-12-14(13-11-9-7-2)16-15(3,4)5/h6,14H,1,7-9,11,13H2,2-5H3. The van der Waals surface area contributed by atoms with E-state index in [1.54, 1.807) is 0 Å². The number of rotatable bonds is 6. The van der Waals surface area contributed by atoms with E-state index in [0.29, 0.717) is 0 Å². The van der Waals surface area contributed by atoms with Crippen LogP contribution in [0.2, 0.25) is 0 Å². The Morgan fingerprint density at radius 2 is 2.00 bits per heavy atom. The molecule has 0 N–H and O–H groups in total. The van der Waals surface area contributed by atoms with Gasteiger partial charge in [-0.05, 0) is 33.6 Å². The van der Waals surface area contributed by atoms with E-state index in [4.69, 9.17) is 4.74 Å². The van der Waals surface area contributed by atoms with Crippen molar-refractivity contribution < 1.29 is 4.74 Å². The predicted molar refractivity (Wildman–Crippen MR) is 71.4 cm³/mol. The van der Waals surface area contributed by atoms with Crippen molar-refractivity contribution in [2.24, 2.45) is 0 Å². The van der Waals surface area contributed by atoms with Crippen LogP contribution in [0.25, 0.3) is 0 Å². The Balaban J connectivity index is 4.17. The van der Waals surface area contributed by atoms with E-state index in [1.807, 2.05) is 6.08 Å². The number of ether oxygens (including phenoxy) is 1. The average Bonchev–Trinajstić information content (AvgIpc) is 2.16. The Kier molecular flexibility index (Phi) is 8.03. The maximum absolute atomic E-state index is 5.92. The first-order chi connectivity index (χ1) is 7.49. The second-order valence-electron chi connectivity index (χ2n) is 5.03. The van der Waals surface area contributed by atoms with Crippen LogP contribution in [-0.4, -0.2) is 11.7 Å². The van der Waals surface area contributed by atoms with Crippen molar-refractivity contribution >= 4 is 0 Å². The molecule has 0 aromatic rings. The van der Waals surface area contributed by atoms with Crippen molar-refractivity contribution in [3.63, 3.8) is 0 Å². The van der Waals surface area contributed by atoms with Crippen molar-refractivity contribution in [3.8, 4) is 11.8 Å². The van der Waals surface area contributed by atoms with Gasteiger partial charge in [-0.3, -0.25) is 0 Å². The summed E-state index contributed by atoms with van der Waals surface area (Å²) in [5, 5.41) is 0. The van der Waals surface area contributed by atoms with Crippen LogP contribution in [0, 0.1) is 11.8 Å². The van der Waals surface area contributed by atoms with E-state index in [-0.39, 0.29) is 11.7 Å². The van der Waals surface area contributed by atoms with Crippen molar-refractivity contribution in [3.05, 3.63) is 12.7 Å². The lowest BCUT2D eigenvalue weighted by molar-refractivity contribution is -0.0374. The summed E-state index contributed by atoms with van der Waals surface area (Å²) in [6.07, 6.45) is 7.38. The molecule has 0 saturated carbocycles. The zero-order valence-electron chi connectivity index (χ0n) is 11.3. The van der Waals surface area contributed by atoms with Crippen molar-refractivity contribution in [2.75, 3.05) is 0 Å². The first-order valence-corrected chi connectivity index (χ1v) is 6.26. The second kappa shape index (κ2) is 8.42. The van der Waals surface area contributed by atoms with Gasteiger partial charge in [0.05, 0.1) is 5.60 Å². The molecule has 0 aromatic heterocycles. The number of hydrogen-bond donors (Lipinski definition) is 0. The summed E-state index contributed by atoms with van der Waals surface area (Å²) in [7, 11) is 0. The molecule has 0 radical (unpaired) electrons. The molecule has 0 bridgehead atoms. The Bertz CT molecular complexity index is 236. The Morgan fingerprint density at radius 3 is 2.50 bits per heavy atom. The molecule has 0 aromatic carbocycles. The molecular formula is C15H26O. The molecule has 92 valence electrons. The summed E-state index contributed by atoms with van der Waals surface area (Å²) in [6, 6.07) is 0. The second-order valence-corrected chi connectivity index (χ2v) is 5.03. The number of unbranched alkanes of at least 4 members (excludes halogenated alkanes) is 2. The summed E-state index contributed by atoms with van der Waals surface area (Å²) >= 11 is 0. The molecule has 16 heavy (non-hydrogen) atoms. The van der Waals surface area contributed by atoms with Gasteiger partial charge in [0.1, 0.15) is 6.10 Å². The molecule has 0 amide bonds. The quantitative estimate of drug-likeness (QED) is 0.369. The van der Waals surface area contributed by atoms with E-state index in [1.165, 1.54) is 19.3 Å². The Morgan fingerprint density at radius 1 is 1.31 bits per heavy atom. The lowest BCUT2D eigenvalue weighted by atomic mass is 10.1. The van der Waals surface area contributed by atoms with Gasteiger partial charge in [0, 0.05) is 6.42 Å². The van der Waals surface area contributed by atoms with Crippen LogP contribution in [0.4, 0.5) is 0 Å². The summed E-state index contributed by atoms with van der Waals surface area (Å²) < 4.78 is 5.92. The minimum atomic E-state index is -0.111. The molecule has 0 heterocycles. The molecule has 0 aliphatic carbocycles. The van der Waals surface area contributed by atoms with Crippen LogP contribution in [0.3, 0.4) is 0 Å². The summed E-state index contributed by atoms with van der Waals surface area (Å²) in [6.45, 7) is 12.1. The minimum absolute atomic E-state index is 0.0755. The van der Waals surface area contributed by atoms with Gasteiger partial charge < -0.3 is 4.74 Å². The Labute approximate surface area is 101 Å². The van der Waals surface area contributed by atoms with Gasteiger partial charge in [0.25, 0.3) is 0 Å². The van der Waals surface area contributed by atoms with Crippen LogP contribution in [0.1, 0.15) is 59.8 Å². The first-order valence-electron chi connectivity index (χ1n) is 6.26. The van der Waals surface area contributed by atoms with Crippen molar-refractivity contribution in [2.45, 2.75) is 71.5 Å². The largest absolute Gasteiger partial charge is 0.360 e. The van der Waals surface area contributed by atoms with Crippen LogP contribution >= 0.6 is 0 Å². The van der Waals surface area contributed by atoms with Gasteiger partial charge >= 0.3 is 0 Å². The SMILES string of the molecule is C=CCC#CC(CCCCC)OC(C)(C)C. The van der Waals surface area contributed by atoms with Crippen molar-refractivity contribution in [1.82, 2.24) is 0 Å². The van der Waals surface area contributed by atoms with Gasteiger partial charge in [0.2, 0.25) is 0 Å². The molecule has 1 nitrogen and oxygen atoms in total. The highest BCUT2D eigenvalue weighted by Crippen LogP contribution is 2.15. The smallest absolute Gasteiger partial charge is 0.118 e. The third-order valence-electron chi connectivity index (χ3n) is 2.08. The highest BCUT2D eigenvalue weighted by Gasteiger charge is 2.16. The monoisotopic (exact) mass is 222 g/mol. The van der Waals surface area contributed by atoms with E-state index in [9.17, 15) is 0 Å². The molecule has 1 atom stereocenters. The molecule has 0 aliphatic heterocycles. The summed E-state index contributed by atoms with van der Waals surface area (Å²) in [5.41, 5.74) is -0.111. The highest BCUT2D eigenvalue weighted by atomic mass is 16.5. The van der Waals surface area contributed by atoms with Crippen LogP contribution in [0.5, 0.6) is 0 Å². The van der Waals surface area contributed by atoms with Gasteiger partial charge in [-0.25, -0.2) is 0 Å². The van der Waals surface area contributed by atoms with Crippen LogP contribution in [0.15, 0.2) is 12.7 Å².